The number of nitrogens with zero attached hydrogens (tertiary/aromatic N) is 2. The van der Waals surface area contributed by atoms with E-state index in [1.54, 1.807) is 7.05 Å². The maximum absolute atomic E-state index is 12.7. The smallest absolute Gasteiger partial charge is 0.246 e. The Labute approximate surface area is 159 Å². The molecule has 0 radical (unpaired) electrons. The number of anilines is 1. The Morgan fingerprint density at radius 2 is 1.92 bits per heavy atom. The van der Waals surface area contributed by atoms with Crippen molar-refractivity contribution in [2.45, 2.75) is 19.4 Å². The van der Waals surface area contributed by atoms with Crippen molar-refractivity contribution in [3.63, 3.8) is 0 Å². The van der Waals surface area contributed by atoms with Gasteiger partial charge in [0.05, 0.1) is 6.54 Å². The molecule has 0 atom stereocenters. The summed E-state index contributed by atoms with van der Waals surface area (Å²) in [6, 6.07) is 15.7. The van der Waals surface area contributed by atoms with Gasteiger partial charge in [-0.2, -0.15) is 0 Å². The fourth-order valence-electron chi connectivity index (χ4n) is 3.06. The Kier molecular flexibility index (Phi) is 6.12. The van der Waals surface area contributed by atoms with Gasteiger partial charge in [0.15, 0.2) is 5.96 Å². The first-order valence-corrected chi connectivity index (χ1v) is 9.12. The highest BCUT2D eigenvalue weighted by Gasteiger charge is 2.21. The molecule has 3 rings (SSSR count). The number of nitrogens with one attached hydrogen (secondary N) is 2. The molecule has 0 bridgehead atoms. The van der Waals surface area contributed by atoms with Crippen LogP contribution in [0, 0.1) is 0 Å². The highest BCUT2D eigenvalue weighted by atomic mass is 35.5. The zero-order valence-electron chi connectivity index (χ0n) is 14.8. The number of rotatable bonds is 4. The van der Waals surface area contributed by atoms with Gasteiger partial charge in [0.2, 0.25) is 5.91 Å². The third-order valence-electron chi connectivity index (χ3n) is 4.42. The number of para-hydroxylation sites is 1. The number of guanidine groups is 1. The first kappa shape index (κ1) is 18.3. The Hall–Kier alpha value is -2.53. The Morgan fingerprint density at radius 1 is 1.15 bits per heavy atom. The number of carbonyl (C=O) groups is 1. The minimum Gasteiger partial charge on any atom is -0.352 e. The van der Waals surface area contributed by atoms with E-state index < -0.39 is 0 Å². The molecule has 1 aliphatic rings. The second kappa shape index (κ2) is 8.72. The number of aryl methyl sites for hydroxylation is 1. The van der Waals surface area contributed by atoms with E-state index in [-0.39, 0.29) is 12.5 Å². The molecule has 1 amide bonds. The summed E-state index contributed by atoms with van der Waals surface area (Å²) in [7, 11) is 1.69. The van der Waals surface area contributed by atoms with Gasteiger partial charge in [0.25, 0.3) is 0 Å². The molecule has 0 saturated heterocycles. The van der Waals surface area contributed by atoms with Crippen LogP contribution in [0.15, 0.2) is 53.5 Å². The molecule has 0 spiro atoms. The van der Waals surface area contributed by atoms with E-state index in [0.717, 1.165) is 30.6 Å². The molecule has 0 aliphatic carbocycles. The van der Waals surface area contributed by atoms with Crippen molar-refractivity contribution >= 4 is 29.2 Å². The van der Waals surface area contributed by atoms with Crippen LogP contribution < -0.4 is 15.5 Å². The largest absolute Gasteiger partial charge is 0.352 e. The lowest BCUT2D eigenvalue weighted by Gasteiger charge is -2.29. The molecule has 1 aliphatic heterocycles. The van der Waals surface area contributed by atoms with Crippen molar-refractivity contribution in [2.24, 2.45) is 4.99 Å². The molecule has 0 fully saturated rings. The zero-order chi connectivity index (χ0) is 18.4. The molecule has 1 heterocycles. The summed E-state index contributed by atoms with van der Waals surface area (Å²) in [5.74, 6) is 0.644. The zero-order valence-corrected chi connectivity index (χ0v) is 15.6. The van der Waals surface area contributed by atoms with Crippen LogP contribution in [0.1, 0.15) is 17.5 Å². The summed E-state index contributed by atoms with van der Waals surface area (Å²) in [6.07, 6.45) is 2.02. The Morgan fingerprint density at radius 3 is 2.69 bits per heavy atom. The van der Waals surface area contributed by atoms with Crippen molar-refractivity contribution in [2.75, 3.05) is 25.0 Å². The first-order valence-electron chi connectivity index (χ1n) is 8.74. The molecule has 2 N–H and O–H groups in total. The molecular weight excluding hydrogens is 348 g/mol. The van der Waals surface area contributed by atoms with Crippen LogP contribution in [0.3, 0.4) is 0 Å². The minimum atomic E-state index is 0.0478. The Balaban J connectivity index is 1.54. The molecule has 2 aromatic rings. The van der Waals surface area contributed by atoms with Crippen LogP contribution in [0.2, 0.25) is 5.02 Å². The first-order chi connectivity index (χ1) is 12.7. The van der Waals surface area contributed by atoms with Gasteiger partial charge in [0.1, 0.15) is 0 Å². The second-order valence-corrected chi connectivity index (χ2v) is 6.62. The summed E-state index contributed by atoms with van der Waals surface area (Å²) < 4.78 is 0. The van der Waals surface area contributed by atoms with E-state index in [2.05, 4.69) is 21.7 Å². The molecule has 0 unspecified atom stereocenters. The standard InChI is InChI=1S/C20H23ClN4O/c1-22-20(23-13-15-8-10-17(21)11-9-15)24-14-19(26)25-12-4-6-16-5-2-3-7-18(16)25/h2-3,5,7-11H,4,6,12-14H2,1H3,(H2,22,23,24). The number of benzene rings is 2. The third kappa shape index (κ3) is 4.55. The van der Waals surface area contributed by atoms with Crippen LogP contribution in [0.25, 0.3) is 0 Å². The van der Waals surface area contributed by atoms with Crippen molar-refractivity contribution in [1.29, 1.82) is 0 Å². The van der Waals surface area contributed by atoms with Crippen LogP contribution in [-0.4, -0.2) is 32.0 Å². The lowest BCUT2D eigenvalue weighted by Crippen LogP contribution is -2.45. The minimum absolute atomic E-state index is 0.0478. The predicted octanol–water partition coefficient (Wildman–Crippen LogP) is 2.98. The lowest BCUT2D eigenvalue weighted by atomic mass is 10.0. The van der Waals surface area contributed by atoms with Crippen molar-refractivity contribution in [1.82, 2.24) is 10.6 Å². The van der Waals surface area contributed by atoms with E-state index in [1.807, 2.05) is 47.4 Å². The predicted molar refractivity (Wildman–Crippen MR) is 107 cm³/mol. The maximum atomic E-state index is 12.7. The van der Waals surface area contributed by atoms with Crippen LogP contribution in [0.4, 0.5) is 5.69 Å². The molecular formula is C20H23ClN4O. The monoisotopic (exact) mass is 370 g/mol. The molecule has 0 aromatic heterocycles. The molecule has 136 valence electrons. The van der Waals surface area contributed by atoms with Crippen LogP contribution in [-0.2, 0) is 17.8 Å². The van der Waals surface area contributed by atoms with Gasteiger partial charge < -0.3 is 15.5 Å². The van der Waals surface area contributed by atoms with Crippen molar-refractivity contribution < 1.29 is 4.79 Å². The molecule has 5 nitrogen and oxygen atoms in total. The highest BCUT2D eigenvalue weighted by Crippen LogP contribution is 2.26. The molecule has 2 aromatic carbocycles. The summed E-state index contributed by atoms with van der Waals surface area (Å²) in [5.41, 5.74) is 3.35. The number of hydrogen-bond donors (Lipinski definition) is 2. The summed E-state index contributed by atoms with van der Waals surface area (Å²) >= 11 is 5.90. The van der Waals surface area contributed by atoms with Gasteiger partial charge in [-0.3, -0.25) is 9.79 Å². The van der Waals surface area contributed by atoms with E-state index >= 15 is 0 Å². The number of hydrogen-bond acceptors (Lipinski definition) is 2. The number of fused-ring (bicyclic) bond motifs is 1. The Bertz CT molecular complexity index is 789. The quantitative estimate of drug-likeness (QED) is 0.642. The highest BCUT2D eigenvalue weighted by molar-refractivity contribution is 6.30. The van der Waals surface area contributed by atoms with Gasteiger partial charge in [-0.15, -0.1) is 0 Å². The maximum Gasteiger partial charge on any atom is 0.246 e. The number of amides is 1. The molecule has 6 heteroatoms. The van der Waals surface area contributed by atoms with Crippen molar-refractivity contribution in [3.8, 4) is 0 Å². The average molecular weight is 371 g/mol. The number of halogens is 1. The van der Waals surface area contributed by atoms with Gasteiger partial charge in [-0.25, -0.2) is 0 Å². The van der Waals surface area contributed by atoms with Crippen molar-refractivity contribution in [3.05, 3.63) is 64.7 Å². The van der Waals surface area contributed by atoms with E-state index in [1.165, 1.54) is 5.56 Å². The van der Waals surface area contributed by atoms with Gasteiger partial charge in [0, 0.05) is 30.8 Å². The van der Waals surface area contributed by atoms with Gasteiger partial charge in [-0.05, 0) is 42.2 Å². The molecule has 0 saturated carbocycles. The number of aliphatic imine (C=N–C) groups is 1. The van der Waals surface area contributed by atoms with Crippen LogP contribution in [0.5, 0.6) is 0 Å². The molecule has 26 heavy (non-hydrogen) atoms. The second-order valence-electron chi connectivity index (χ2n) is 6.18. The normalized spacial score (nSPS) is 13.9. The van der Waals surface area contributed by atoms with Gasteiger partial charge >= 0.3 is 0 Å². The number of carbonyl (C=O) groups excluding carboxylic acids is 1. The summed E-state index contributed by atoms with van der Waals surface area (Å²) in [5, 5.41) is 7.02. The lowest BCUT2D eigenvalue weighted by molar-refractivity contribution is -0.117. The van der Waals surface area contributed by atoms with E-state index in [0.29, 0.717) is 17.5 Å². The summed E-state index contributed by atoms with van der Waals surface area (Å²) in [4.78, 5) is 18.7. The summed E-state index contributed by atoms with van der Waals surface area (Å²) in [6.45, 7) is 1.57. The SMILES string of the molecule is CN=C(NCC(=O)N1CCCc2ccccc21)NCc1ccc(Cl)cc1. The van der Waals surface area contributed by atoms with E-state index in [4.69, 9.17) is 11.6 Å². The third-order valence-corrected chi connectivity index (χ3v) is 4.67. The average Bonchev–Trinajstić information content (AvgIpc) is 2.68. The van der Waals surface area contributed by atoms with E-state index in [9.17, 15) is 4.79 Å². The fraction of sp³-hybridized carbons (Fsp3) is 0.300. The topological polar surface area (TPSA) is 56.7 Å². The van der Waals surface area contributed by atoms with Crippen LogP contribution >= 0.6 is 11.6 Å². The van der Waals surface area contributed by atoms with Gasteiger partial charge in [-0.1, -0.05) is 41.9 Å². The fourth-order valence-corrected chi connectivity index (χ4v) is 3.18.